The highest BCUT2D eigenvalue weighted by atomic mass is 35.5. The second-order valence-corrected chi connectivity index (χ2v) is 3.44. The fourth-order valence-electron chi connectivity index (χ4n) is 1.29. The van der Waals surface area contributed by atoms with Crippen molar-refractivity contribution >= 4 is 29.1 Å². The molecule has 2 nitrogen and oxygen atoms in total. The summed E-state index contributed by atoms with van der Waals surface area (Å²) >= 11 is 10.9. The summed E-state index contributed by atoms with van der Waals surface area (Å²) in [5, 5.41) is 0.110. The number of likely N-dealkylation sites (tertiary alicyclic amines) is 1. The summed E-state index contributed by atoms with van der Waals surface area (Å²) in [5.41, 5.74) is 1.12. The quantitative estimate of drug-likeness (QED) is 0.605. The number of carbonyl (C=O) groups excluding carboxylic acids is 1. The number of piperidine rings is 1. The number of rotatable bonds is 1. The minimum atomic E-state index is -0.147. The first kappa shape index (κ1) is 9.87. The van der Waals surface area contributed by atoms with Gasteiger partial charge in [0.2, 0.25) is 0 Å². The van der Waals surface area contributed by atoms with Gasteiger partial charge in [-0.3, -0.25) is 4.79 Å². The molecule has 1 amide bonds. The van der Waals surface area contributed by atoms with Crippen molar-refractivity contribution in [2.45, 2.75) is 19.3 Å². The molecule has 0 aliphatic carbocycles. The van der Waals surface area contributed by atoms with Gasteiger partial charge in [0.25, 0.3) is 5.91 Å². The van der Waals surface area contributed by atoms with E-state index in [0.717, 1.165) is 31.5 Å². The first-order valence-corrected chi connectivity index (χ1v) is 4.82. The minimum Gasteiger partial charge on any atom is -0.338 e. The Morgan fingerprint density at radius 3 is 2.33 bits per heavy atom. The molecule has 0 aromatic heterocycles. The van der Waals surface area contributed by atoms with Crippen LogP contribution in [0.5, 0.6) is 0 Å². The van der Waals surface area contributed by atoms with E-state index in [4.69, 9.17) is 23.2 Å². The molecule has 0 aromatic rings. The number of nitrogens with zero attached hydrogens (tertiary/aromatic N) is 1. The standard InChI is InChI=1S/C8H11Cl2NO/c9-6-7(10)8(12)11-4-2-1-3-5-11/h6H,1-5H2/b7-6+. The minimum absolute atomic E-state index is 0.110. The lowest BCUT2D eigenvalue weighted by Gasteiger charge is -2.26. The maximum Gasteiger partial charge on any atom is 0.266 e. The molecule has 1 fully saturated rings. The van der Waals surface area contributed by atoms with Gasteiger partial charge in [0.05, 0.1) is 0 Å². The van der Waals surface area contributed by atoms with E-state index in [-0.39, 0.29) is 10.9 Å². The molecule has 1 rings (SSSR count). The Morgan fingerprint density at radius 1 is 1.25 bits per heavy atom. The van der Waals surface area contributed by atoms with Crippen LogP contribution in [0.3, 0.4) is 0 Å². The number of carbonyl (C=O) groups is 1. The van der Waals surface area contributed by atoms with Gasteiger partial charge in [-0.2, -0.15) is 0 Å². The van der Waals surface area contributed by atoms with E-state index in [2.05, 4.69) is 0 Å². The summed E-state index contributed by atoms with van der Waals surface area (Å²) in [6.45, 7) is 1.61. The summed E-state index contributed by atoms with van der Waals surface area (Å²) < 4.78 is 0. The van der Waals surface area contributed by atoms with Crippen LogP contribution in [-0.2, 0) is 4.79 Å². The zero-order valence-corrected chi connectivity index (χ0v) is 8.24. The molecule has 0 radical (unpaired) electrons. The number of hydrogen-bond acceptors (Lipinski definition) is 1. The Bertz CT molecular complexity index is 197. The molecular formula is C8H11Cl2NO. The van der Waals surface area contributed by atoms with Crippen LogP contribution in [0.4, 0.5) is 0 Å². The fourth-order valence-corrected chi connectivity index (χ4v) is 1.51. The second-order valence-electron chi connectivity index (χ2n) is 2.81. The van der Waals surface area contributed by atoms with E-state index >= 15 is 0 Å². The van der Waals surface area contributed by atoms with Gasteiger partial charge < -0.3 is 4.90 Å². The molecule has 0 atom stereocenters. The second kappa shape index (κ2) is 4.73. The van der Waals surface area contributed by atoms with E-state index in [0.29, 0.717) is 0 Å². The molecule has 0 saturated carbocycles. The van der Waals surface area contributed by atoms with Crippen LogP contribution in [0.1, 0.15) is 19.3 Å². The molecule has 0 unspecified atom stereocenters. The van der Waals surface area contributed by atoms with Gasteiger partial charge in [-0.1, -0.05) is 23.2 Å². The van der Waals surface area contributed by atoms with Crippen LogP contribution in [0.25, 0.3) is 0 Å². The van der Waals surface area contributed by atoms with Gasteiger partial charge in [0.1, 0.15) is 5.03 Å². The van der Waals surface area contributed by atoms with Gasteiger partial charge in [0, 0.05) is 18.6 Å². The molecule has 0 aromatic carbocycles. The first-order chi connectivity index (χ1) is 5.75. The lowest BCUT2D eigenvalue weighted by Crippen LogP contribution is -2.35. The summed E-state index contributed by atoms with van der Waals surface area (Å²) in [5.74, 6) is -0.147. The lowest BCUT2D eigenvalue weighted by atomic mass is 10.1. The topological polar surface area (TPSA) is 20.3 Å². The highest BCUT2D eigenvalue weighted by Gasteiger charge is 2.18. The number of hydrogen-bond donors (Lipinski definition) is 0. The highest BCUT2D eigenvalue weighted by Crippen LogP contribution is 2.14. The van der Waals surface area contributed by atoms with Crippen LogP contribution in [-0.4, -0.2) is 23.9 Å². The third-order valence-electron chi connectivity index (χ3n) is 1.94. The predicted molar refractivity (Wildman–Crippen MR) is 50.2 cm³/mol. The monoisotopic (exact) mass is 207 g/mol. The summed E-state index contributed by atoms with van der Waals surface area (Å²) in [4.78, 5) is 13.1. The first-order valence-electron chi connectivity index (χ1n) is 4.01. The summed E-state index contributed by atoms with van der Waals surface area (Å²) in [7, 11) is 0. The van der Waals surface area contributed by atoms with Crippen molar-refractivity contribution in [1.82, 2.24) is 4.90 Å². The highest BCUT2D eigenvalue weighted by molar-refractivity contribution is 6.46. The molecule has 12 heavy (non-hydrogen) atoms. The van der Waals surface area contributed by atoms with Crippen molar-refractivity contribution in [1.29, 1.82) is 0 Å². The van der Waals surface area contributed by atoms with Crippen molar-refractivity contribution in [3.05, 3.63) is 10.6 Å². The molecule has 4 heteroatoms. The van der Waals surface area contributed by atoms with Gasteiger partial charge in [-0.15, -0.1) is 0 Å². The molecule has 1 aliphatic rings. The van der Waals surface area contributed by atoms with E-state index in [9.17, 15) is 4.79 Å². The summed E-state index contributed by atoms with van der Waals surface area (Å²) in [6.07, 6.45) is 3.34. The Kier molecular flexibility index (Phi) is 3.89. The molecule has 1 heterocycles. The van der Waals surface area contributed by atoms with Crippen molar-refractivity contribution in [3.63, 3.8) is 0 Å². The third-order valence-corrected chi connectivity index (χ3v) is 2.54. The molecule has 0 spiro atoms. The largest absolute Gasteiger partial charge is 0.338 e. The maximum atomic E-state index is 11.4. The Morgan fingerprint density at radius 2 is 1.83 bits per heavy atom. The predicted octanol–water partition coefficient (Wildman–Crippen LogP) is 2.32. The van der Waals surface area contributed by atoms with Gasteiger partial charge >= 0.3 is 0 Å². The number of halogens is 2. The Hall–Kier alpha value is -0.210. The normalized spacial score (nSPS) is 19.5. The van der Waals surface area contributed by atoms with Crippen LogP contribution >= 0.6 is 23.2 Å². The van der Waals surface area contributed by atoms with Crippen molar-refractivity contribution in [2.24, 2.45) is 0 Å². The van der Waals surface area contributed by atoms with Crippen LogP contribution in [0.2, 0.25) is 0 Å². The van der Waals surface area contributed by atoms with Crippen molar-refractivity contribution in [3.8, 4) is 0 Å². The average Bonchev–Trinajstić information content (AvgIpc) is 2.17. The molecule has 1 aliphatic heterocycles. The molecule has 68 valence electrons. The average molecular weight is 208 g/mol. The third kappa shape index (κ3) is 2.39. The maximum absolute atomic E-state index is 11.4. The van der Waals surface area contributed by atoms with Gasteiger partial charge in [-0.05, 0) is 19.3 Å². The smallest absolute Gasteiger partial charge is 0.266 e. The fraction of sp³-hybridized carbons (Fsp3) is 0.625. The van der Waals surface area contributed by atoms with E-state index < -0.39 is 0 Å². The van der Waals surface area contributed by atoms with Crippen molar-refractivity contribution < 1.29 is 4.79 Å². The zero-order valence-electron chi connectivity index (χ0n) is 6.72. The number of amides is 1. The molecule has 0 bridgehead atoms. The zero-order chi connectivity index (χ0) is 8.97. The van der Waals surface area contributed by atoms with Crippen LogP contribution < -0.4 is 0 Å². The van der Waals surface area contributed by atoms with E-state index in [1.54, 1.807) is 4.90 Å². The Labute approximate surface area is 82.1 Å². The summed E-state index contributed by atoms with van der Waals surface area (Å²) in [6, 6.07) is 0. The lowest BCUT2D eigenvalue weighted by molar-refractivity contribution is -0.127. The molecule has 1 saturated heterocycles. The van der Waals surface area contributed by atoms with Crippen molar-refractivity contribution in [2.75, 3.05) is 13.1 Å². The SMILES string of the molecule is O=C(/C(Cl)=C\Cl)N1CCCCC1. The van der Waals surface area contributed by atoms with Crippen LogP contribution in [0.15, 0.2) is 10.6 Å². The van der Waals surface area contributed by atoms with Gasteiger partial charge in [0.15, 0.2) is 0 Å². The molecular weight excluding hydrogens is 197 g/mol. The van der Waals surface area contributed by atoms with E-state index in [1.807, 2.05) is 0 Å². The molecule has 0 N–H and O–H groups in total. The van der Waals surface area contributed by atoms with Gasteiger partial charge in [-0.25, -0.2) is 0 Å². The van der Waals surface area contributed by atoms with Crippen LogP contribution in [0, 0.1) is 0 Å². The van der Waals surface area contributed by atoms with E-state index in [1.165, 1.54) is 6.42 Å². The Balaban J connectivity index is 2.51.